The van der Waals surface area contributed by atoms with Crippen LogP contribution in [0.5, 0.6) is 5.75 Å². The van der Waals surface area contributed by atoms with Crippen molar-refractivity contribution in [3.8, 4) is 5.75 Å². The second-order valence-electron chi connectivity index (χ2n) is 7.90. The van der Waals surface area contributed by atoms with Gasteiger partial charge < -0.3 is 15.2 Å². The van der Waals surface area contributed by atoms with Crippen molar-refractivity contribution in [2.24, 2.45) is 0 Å². The van der Waals surface area contributed by atoms with Crippen LogP contribution in [0.4, 0.5) is 0 Å². The van der Waals surface area contributed by atoms with Crippen molar-refractivity contribution in [2.45, 2.75) is 71.6 Å². The van der Waals surface area contributed by atoms with E-state index in [0.717, 1.165) is 18.6 Å². The van der Waals surface area contributed by atoms with Gasteiger partial charge in [-0.2, -0.15) is 0 Å². The van der Waals surface area contributed by atoms with E-state index >= 15 is 0 Å². The minimum atomic E-state index is -0.468. The highest BCUT2D eigenvalue weighted by Crippen LogP contribution is 2.38. The minimum Gasteiger partial charge on any atom is -0.493 e. The molecule has 0 saturated carbocycles. The number of ether oxygens (including phenoxy) is 1. The number of hydrogen-bond acceptors (Lipinski definition) is 3. The number of carbonyl (C=O) groups excluding carboxylic acids is 1. The van der Waals surface area contributed by atoms with Gasteiger partial charge in [0, 0.05) is 12.1 Å². The van der Waals surface area contributed by atoms with E-state index in [1.165, 1.54) is 11.1 Å². The summed E-state index contributed by atoms with van der Waals surface area (Å²) in [5.74, 6) is 0.579. The van der Waals surface area contributed by atoms with Crippen molar-refractivity contribution >= 4 is 5.91 Å². The molecule has 0 radical (unpaired) electrons. The van der Waals surface area contributed by atoms with E-state index in [-0.39, 0.29) is 16.7 Å². The van der Waals surface area contributed by atoms with Gasteiger partial charge in [0.1, 0.15) is 12.4 Å². The lowest BCUT2D eigenvalue weighted by molar-refractivity contribution is -0.123. The molecule has 1 aromatic rings. The molecule has 0 saturated heterocycles. The number of carbonyl (C=O) groups is 1. The maximum atomic E-state index is 11.0. The van der Waals surface area contributed by atoms with Crippen LogP contribution in [0, 0.1) is 0 Å². The number of aliphatic hydroxyl groups excluding tert-OH is 1. The quantitative estimate of drug-likeness (QED) is 0.629. The molecule has 25 heavy (non-hydrogen) atoms. The fourth-order valence-corrected chi connectivity index (χ4v) is 2.54. The van der Waals surface area contributed by atoms with Gasteiger partial charge in [0.2, 0.25) is 5.91 Å². The molecular formula is C21H35NO3. The topological polar surface area (TPSA) is 58.6 Å². The lowest BCUT2D eigenvalue weighted by Crippen LogP contribution is -2.28. The van der Waals surface area contributed by atoms with Crippen molar-refractivity contribution in [2.75, 3.05) is 19.8 Å². The summed E-state index contributed by atoms with van der Waals surface area (Å²) in [6.07, 6.45) is 2.83. The van der Waals surface area contributed by atoms with Gasteiger partial charge in [-0.15, -0.1) is 0 Å². The smallest absolute Gasteiger partial charge is 0.245 e. The van der Waals surface area contributed by atoms with Gasteiger partial charge in [0.25, 0.3) is 0 Å². The zero-order chi connectivity index (χ0) is 19.1. The predicted octanol–water partition coefficient (Wildman–Crippen LogP) is 3.94. The summed E-state index contributed by atoms with van der Waals surface area (Å²) in [6, 6.07) is 6.56. The molecule has 0 aliphatic carbocycles. The van der Waals surface area contributed by atoms with Crippen LogP contribution in [-0.2, 0) is 15.6 Å². The summed E-state index contributed by atoms with van der Waals surface area (Å²) >= 11 is 0. The van der Waals surface area contributed by atoms with Gasteiger partial charge in [-0.25, -0.2) is 0 Å². The van der Waals surface area contributed by atoms with E-state index in [0.29, 0.717) is 19.6 Å². The van der Waals surface area contributed by atoms with Gasteiger partial charge in [-0.3, -0.25) is 4.79 Å². The SMILES string of the molecule is CCC(C)(C)c1ccc(OCCCNC(=O)CO)c(C(C)(C)CC)c1. The van der Waals surface area contributed by atoms with Gasteiger partial charge in [-0.05, 0) is 41.7 Å². The van der Waals surface area contributed by atoms with Crippen LogP contribution in [0.3, 0.4) is 0 Å². The van der Waals surface area contributed by atoms with Crippen LogP contribution in [0.1, 0.15) is 71.9 Å². The summed E-state index contributed by atoms with van der Waals surface area (Å²) in [5, 5.41) is 11.3. The molecule has 2 N–H and O–H groups in total. The molecule has 0 bridgehead atoms. The fourth-order valence-electron chi connectivity index (χ4n) is 2.54. The van der Waals surface area contributed by atoms with Crippen LogP contribution in [0.2, 0.25) is 0 Å². The predicted molar refractivity (Wildman–Crippen MR) is 103 cm³/mol. The molecule has 4 nitrogen and oxygen atoms in total. The summed E-state index contributed by atoms with van der Waals surface area (Å²) < 4.78 is 6.03. The van der Waals surface area contributed by atoms with E-state index in [9.17, 15) is 4.79 Å². The molecule has 142 valence electrons. The van der Waals surface area contributed by atoms with Crippen molar-refractivity contribution in [1.82, 2.24) is 5.32 Å². The number of amides is 1. The van der Waals surface area contributed by atoms with Crippen LogP contribution in [-0.4, -0.2) is 30.8 Å². The zero-order valence-corrected chi connectivity index (χ0v) is 16.7. The largest absolute Gasteiger partial charge is 0.493 e. The molecule has 0 aliphatic rings. The number of rotatable bonds is 10. The van der Waals surface area contributed by atoms with Crippen molar-refractivity contribution in [1.29, 1.82) is 0 Å². The second kappa shape index (κ2) is 9.23. The van der Waals surface area contributed by atoms with Crippen molar-refractivity contribution < 1.29 is 14.6 Å². The van der Waals surface area contributed by atoms with Crippen LogP contribution < -0.4 is 10.1 Å². The van der Waals surface area contributed by atoms with E-state index in [1.807, 2.05) is 0 Å². The summed E-state index contributed by atoms with van der Waals surface area (Å²) in [4.78, 5) is 11.0. The molecule has 0 spiro atoms. The first-order valence-corrected chi connectivity index (χ1v) is 9.33. The Kier molecular flexibility index (Phi) is 7.94. The summed E-state index contributed by atoms with van der Waals surface area (Å²) in [5.41, 5.74) is 2.77. The molecule has 0 fully saturated rings. The average molecular weight is 350 g/mol. The normalized spacial score (nSPS) is 12.1. The first kappa shape index (κ1) is 21.5. The lowest BCUT2D eigenvalue weighted by atomic mass is 9.76. The molecule has 0 atom stereocenters. The fraction of sp³-hybridized carbons (Fsp3) is 0.667. The van der Waals surface area contributed by atoms with E-state index in [1.54, 1.807) is 0 Å². The molecule has 1 aromatic carbocycles. The van der Waals surface area contributed by atoms with Crippen molar-refractivity contribution in [3.05, 3.63) is 29.3 Å². The Labute approximate surface area is 153 Å². The molecule has 0 aliphatic heterocycles. The number of hydrogen-bond donors (Lipinski definition) is 2. The Morgan fingerprint density at radius 1 is 1.12 bits per heavy atom. The first-order valence-electron chi connectivity index (χ1n) is 9.33. The standard InChI is InChI=1S/C21H35NO3/c1-7-20(3,4)16-10-11-18(17(14-16)21(5,6)8-2)25-13-9-12-22-19(24)15-23/h10-11,14,23H,7-9,12-13,15H2,1-6H3,(H,22,24). The number of aliphatic hydroxyl groups is 1. The Hall–Kier alpha value is -1.55. The molecule has 0 unspecified atom stereocenters. The maximum Gasteiger partial charge on any atom is 0.245 e. The van der Waals surface area contributed by atoms with Crippen LogP contribution in [0.15, 0.2) is 18.2 Å². The van der Waals surface area contributed by atoms with E-state index < -0.39 is 6.61 Å². The minimum absolute atomic E-state index is 0.0419. The number of benzene rings is 1. The van der Waals surface area contributed by atoms with Gasteiger partial charge >= 0.3 is 0 Å². The zero-order valence-electron chi connectivity index (χ0n) is 16.7. The van der Waals surface area contributed by atoms with Crippen LogP contribution >= 0.6 is 0 Å². The highest BCUT2D eigenvalue weighted by molar-refractivity contribution is 5.76. The van der Waals surface area contributed by atoms with Gasteiger partial charge in [0.15, 0.2) is 0 Å². The van der Waals surface area contributed by atoms with Gasteiger partial charge in [-0.1, -0.05) is 53.7 Å². The van der Waals surface area contributed by atoms with Gasteiger partial charge in [0.05, 0.1) is 6.61 Å². The second-order valence-corrected chi connectivity index (χ2v) is 7.90. The molecular weight excluding hydrogens is 314 g/mol. The Balaban J connectivity index is 2.89. The summed E-state index contributed by atoms with van der Waals surface area (Å²) in [7, 11) is 0. The highest BCUT2D eigenvalue weighted by Gasteiger charge is 2.26. The van der Waals surface area contributed by atoms with E-state index in [4.69, 9.17) is 9.84 Å². The third kappa shape index (κ3) is 6.03. The third-order valence-electron chi connectivity index (χ3n) is 5.30. The Morgan fingerprint density at radius 3 is 2.32 bits per heavy atom. The molecule has 0 heterocycles. The molecule has 4 heteroatoms. The molecule has 1 rings (SSSR count). The first-order chi connectivity index (χ1) is 11.7. The third-order valence-corrected chi connectivity index (χ3v) is 5.30. The average Bonchev–Trinajstić information content (AvgIpc) is 2.60. The molecule has 1 amide bonds. The Morgan fingerprint density at radius 2 is 1.76 bits per heavy atom. The highest BCUT2D eigenvalue weighted by atomic mass is 16.5. The van der Waals surface area contributed by atoms with Crippen molar-refractivity contribution in [3.63, 3.8) is 0 Å². The lowest BCUT2D eigenvalue weighted by Gasteiger charge is -2.30. The summed E-state index contributed by atoms with van der Waals surface area (Å²) in [6.45, 7) is 14.0. The monoisotopic (exact) mass is 349 g/mol. The maximum absolute atomic E-state index is 11.0. The number of nitrogens with one attached hydrogen (secondary N) is 1. The Bertz CT molecular complexity index is 564. The molecule has 0 aromatic heterocycles. The van der Waals surface area contributed by atoms with Crippen LogP contribution in [0.25, 0.3) is 0 Å². The van der Waals surface area contributed by atoms with E-state index in [2.05, 4.69) is 65.1 Å².